The van der Waals surface area contributed by atoms with Crippen molar-refractivity contribution < 1.29 is 18.3 Å². The molecule has 0 N–H and O–H groups in total. The summed E-state index contributed by atoms with van der Waals surface area (Å²) in [5, 5.41) is 2.42. The number of halogens is 2. The topological polar surface area (TPSA) is 69.4 Å². The minimum absolute atomic E-state index is 0.126. The predicted molar refractivity (Wildman–Crippen MR) is 171 cm³/mol. The van der Waals surface area contributed by atoms with Gasteiger partial charge in [-0.3, -0.25) is 9.69 Å². The smallest absolute Gasteiger partial charge is 0.318 e. The molecule has 0 radical (unpaired) electrons. The van der Waals surface area contributed by atoms with Crippen molar-refractivity contribution in [2.24, 2.45) is 0 Å². The van der Waals surface area contributed by atoms with Gasteiger partial charge >= 0.3 is 6.01 Å². The number of carbonyl (C=O) groups excluding carboxylic acids is 1. The van der Waals surface area contributed by atoms with Crippen LogP contribution in [0.25, 0.3) is 15.6 Å². The van der Waals surface area contributed by atoms with Crippen LogP contribution in [-0.2, 0) is 17.8 Å². The fourth-order valence-electron chi connectivity index (χ4n) is 6.81. The van der Waals surface area contributed by atoms with Gasteiger partial charge in [-0.15, -0.1) is 0 Å². The molecule has 2 fully saturated rings. The van der Waals surface area contributed by atoms with Crippen molar-refractivity contribution in [1.29, 1.82) is 0 Å². The third-order valence-electron chi connectivity index (χ3n) is 9.36. The molecule has 1 amide bonds. The number of anilines is 2. The van der Waals surface area contributed by atoms with Crippen LogP contribution < -0.4 is 14.5 Å². The molecule has 2 aliphatic heterocycles. The van der Waals surface area contributed by atoms with Crippen LogP contribution in [-0.4, -0.2) is 96.6 Å². The first-order valence-corrected chi connectivity index (χ1v) is 15.5. The molecule has 1 atom stereocenters. The third-order valence-corrected chi connectivity index (χ3v) is 9.36. The van der Waals surface area contributed by atoms with Gasteiger partial charge in [0.15, 0.2) is 0 Å². The molecule has 1 aromatic heterocycles. The fourth-order valence-corrected chi connectivity index (χ4v) is 6.81. The minimum Gasteiger partial charge on any atom is -0.462 e. The highest BCUT2D eigenvalue weighted by Gasteiger charge is 2.46. The maximum Gasteiger partial charge on any atom is 0.318 e. The molecule has 1 saturated heterocycles. The monoisotopic (exact) mass is 615 g/mol. The lowest BCUT2D eigenvalue weighted by atomic mass is 9.87. The average molecular weight is 616 g/mol. The van der Waals surface area contributed by atoms with Gasteiger partial charge in [0, 0.05) is 68.2 Å². The van der Waals surface area contributed by atoms with E-state index in [1.165, 1.54) is 22.4 Å². The molecule has 45 heavy (non-hydrogen) atoms. The number of piperazine rings is 1. The Morgan fingerprint density at radius 3 is 2.69 bits per heavy atom. The summed E-state index contributed by atoms with van der Waals surface area (Å²) >= 11 is 0. The van der Waals surface area contributed by atoms with Gasteiger partial charge in [-0.1, -0.05) is 36.9 Å². The summed E-state index contributed by atoms with van der Waals surface area (Å²) in [6, 6.07) is 12.5. The number of carbonyl (C=O) groups is 1. The van der Waals surface area contributed by atoms with Crippen molar-refractivity contribution in [3.63, 3.8) is 0 Å². The highest BCUT2D eigenvalue weighted by atomic mass is 19.3. The zero-order valence-electron chi connectivity index (χ0n) is 25.9. The first kappa shape index (κ1) is 30.7. The normalized spacial score (nSPS) is 19.6. The van der Waals surface area contributed by atoms with E-state index < -0.39 is 5.92 Å². The van der Waals surface area contributed by atoms with E-state index in [-0.39, 0.29) is 50.0 Å². The van der Waals surface area contributed by atoms with E-state index in [0.29, 0.717) is 32.7 Å². The number of rotatable bonds is 9. The lowest BCUT2D eigenvalue weighted by Gasteiger charge is -2.41. The Labute approximate surface area is 262 Å². The number of alkyl halides is 2. The average Bonchev–Trinajstić information content (AvgIpc) is 3.02. The van der Waals surface area contributed by atoms with E-state index in [0.717, 1.165) is 35.7 Å². The largest absolute Gasteiger partial charge is 0.462 e. The molecule has 1 aliphatic carbocycles. The van der Waals surface area contributed by atoms with Crippen LogP contribution in [0.1, 0.15) is 29.7 Å². The van der Waals surface area contributed by atoms with E-state index in [9.17, 15) is 13.6 Å². The van der Waals surface area contributed by atoms with Crippen LogP contribution >= 0.6 is 0 Å². The fraction of sp³-hybridized carbons (Fsp3) is 0.471. The van der Waals surface area contributed by atoms with E-state index in [2.05, 4.69) is 64.5 Å². The molecule has 6 rings (SSSR count). The number of aromatic nitrogens is 2. The quantitative estimate of drug-likeness (QED) is 0.255. The molecule has 1 saturated carbocycles. The maximum absolute atomic E-state index is 13.4. The van der Waals surface area contributed by atoms with Gasteiger partial charge in [-0.2, -0.15) is 9.97 Å². The standard InChI is InChI=1S/C34H39F2N7O2/c1-5-30(44)43-15-14-42(21-26(43)20-37-3)32-27-12-13-41(29-11-7-10-24-9-6-8-23(2)31(24)29)22-28(27)38-33(39-32)45-17-16-40(4)25-18-34(35,36)19-25/h5-11,25-26H,1,12-22H2,2,4H3/t26-/m0/s1. The van der Waals surface area contributed by atoms with Crippen LogP contribution in [0.4, 0.5) is 20.3 Å². The van der Waals surface area contributed by atoms with Crippen molar-refractivity contribution in [1.82, 2.24) is 19.8 Å². The van der Waals surface area contributed by atoms with Crippen LogP contribution in [0.15, 0.2) is 49.1 Å². The van der Waals surface area contributed by atoms with Crippen molar-refractivity contribution in [2.75, 3.05) is 62.7 Å². The minimum atomic E-state index is -2.57. The van der Waals surface area contributed by atoms with Gasteiger partial charge < -0.3 is 24.3 Å². The number of hydrogen-bond acceptors (Lipinski definition) is 7. The van der Waals surface area contributed by atoms with Gasteiger partial charge in [0.2, 0.25) is 12.5 Å². The molecular formula is C34H39F2N7O2. The molecule has 0 spiro atoms. The van der Waals surface area contributed by atoms with Crippen LogP contribution in [0.3, 0.4) is 0 Å². The van der Waals surface area contributed by atoms with Crippen LogP contribution in [0, 0.1) is 13.5 Å². The first-order chi connectivity index (χ1) is 21.7. The van der Waals surface area contributed by atoms with Crippen molar-refractivity contribution in [3.8, 4) is 6.01 Å². The molecule has 0 bridgehead atoms. The second-order valence-electron chi connectivity index (χ2n) is 12.3. The van der Waals surface area contributed by atoms with Crippen molar-refractivity contribution in [2.45, 2.75) is 50.7 Å². The van der Waals surface area contributed by atoms with Crippen molar-refractivity contribution >= 4 is 28.2 Å². The molecule has 0 unspecified atom stereocenters. The predicted octanol–water partition coefficient (Wildman–Crippen LogP) is 4.73. The summed E-state index contributed by atoms with van der Waals surface area (Å²) in [5.74, 6) is -1.97. The van der Waals surface area contributed by atoms with Gasteiger partial charge in [-0.05, 0) is 43.5 Å². The Morgan fingerprint density at radius 1 is 1.18 bits per heavy atom. The maximum atomic E-state index is 13.4. The van der Waals surface area contributed by atoms with E-state index in [1.807, 2.05) is 11.9 Å². The Morgan fingerprint density at radius 2 is 1.96 bits per heavy atom. The van der Waals surface area contributed by atoms with Crippen LogP contribution in [0.2, 0.25) is 0 Å². The van der Waals surface area contributed by atoms with Gasteiger partial charge in [0.25, 0.3) is 5.92 Å². The summed E-state index contributed by atoms with van der Waals surface area (Å²) in [6.45, 7) is 17.0. The molecule has 3 aliphatic rings. The number of hydrogen-bond donors (Lipinski definition) is 0. The molecular weight excluding hydrogens is 576 g/mol. The van der Waals surface area contributed by atoms with E-state index >= 15 is 0 Å². The van der Waals surface area contributed by atoms with Gasteiger partial charge in [0.1, 0.15) is 18.5 Å². The lowest BCUT2D eigenvalue weighted by Crippen LogP contribution is -2.56. The molecule has 11 heteroatoms. The van der Waals surface area contributed by atoms with E-state index in [4.69, 9.17) is 21.3 Å². The van der Waals surface area contributed by atoms with Crippen molar-refractivity contribution in [3.05, 3.63) is 77.3 Å². The second kappa shape index (κ2) is 12.6. The van der Waals surface area contributed by atoms with Gasteiger partial charge in [-0.25, -0.2) is 15.4 Å². The number of likely N-dealkylation sites (N-methyl/N-ethyl adjacent to an activating group) is 1. The Bertz CT molecular complexity index is 1630. The summed E-state index contributed by atoms with van der Waals surface area (Å²) in [7, 11) is 1.84. The summed E-state index contributed by atoms with van der Waals surface area (Å²) in [6.07, 6.45) is 1.78. The molecule has 9 nitrogen and oxygen atoms in total. The SMILES string of the molecule is [C-]#[N+]C[C@H]1CN(c2nc(OCCN(C)C3CC(F)(F)C3)nc3c2CCN(c2cccc4cccc(C)c24)C3)CCN1C(=O)C=C. The van der Waals surface area contributed by atoms with Crippen LogP contribution in [0.5, 0.6) is 6.01 Å². The molecule has 3 heterocycles. The second-order valence-corrected chi connectivity index (χ2v) is 12.3. The number of ether oxygens (including phenoxy) is 1. The highest BCUT2D eigenvalue weighted by Crippen LogP contribution is 2.40. The zero-order chi connectivity index (χ0) is 31.7. The number of nitrogens with zero attached hydrogens (tertiary/aromatic N) is 7. The molecule has 3 aromatic rings. The van der Waals surface area contributed by atoms with Gasteiger partial charge in [0.05, 0.1) is 12.2 Å². The Hall–Kier alpha value is -4.30. The highest BCUT2D eigenvalue weighted by molar-refractivity contribution is 5.97. The summed E-state index contributed by atoms with van der Waals surface area (Å²) in [4.78, 5) is 34.1. The number of benzene rings is 2. The first-order valence-electron chi connectivity index (χ1n) is 15.5. The number of fused-ring (bicyclic) bond motifs is 2. The summed E-state index contributed by atoms with van der Waals surface area (Å²) < 4.78 is 32.9. The lowest BCUT2D eigenvalue weighted by molar-refractivity contribution is -0.128. The number of aryl methyl sites for hydroxylation is 1. The van der Waals surface area contributed by atoms with E-state index in [1.54, 1.807) is 4.90 Å². The third kappa shape index (κ3) is 6.29. The molecule has 236 valence electrons. The Balaban J connectivity index is 1.28. The summed E-state index contributed by atoms with van der Waals surface area (Å²) in [5.41, 5.74) is 4.30. The Kier molecular flexibility index (Phi) is 8.60. The zero-order valence-corrected chi connectivity index (χ0v) is 25.9. The number of amides is 1. The molecule has 2 aromatic carbocycles.